The second-order valence-electron chi connectivity index (χ2n) is 6.11. The molecule has 2 aromatic heterocycles. The van der Waals surface area contributed by atoms with Crippen LogP contribution >= 0.6 is 46.6 Å². The second-order valence-corrected chi connectivity index (χ2v) is 8.28. The van der Waals surface area contributed by atoms with Crippen LogP contribution in [0.15, 0.2) is 41.6 Å². The maximum atomic E-state index is 12.3. The van der Waals surface area contributed by atoms with Crippen molar-refractivity contribution >= 4 is 80.2 Å². The van der Waals surface area contributed by atoms with Crippen LogP contribution in [0.4, 0.5) is 5.69 Å². The molecule has 0 bridgehead atoms. The van der Waals surface area contributed by atoms with E-state index >= 15 is 0 Å². The summed E-state index contributed by atoms with van der Waals surface area (Å²) in [6.07, 6.45) is 0. The van der Waals surface area contributed by atoms with Crippen LogP contribution in [-0.4, -0.2) is 31.4 Å². The molecular formula is C19H14Cl3N5OS. The van der Waals surface area contributed by atoms with Crippen molar-refractivity contribution in [3.8, 4) is 0 Å². The summed E-state index contributed by atoms with van der Waals surface area (Å²) in [7, 11) is 0. The third-order valence-electron chi connectivity index (χ3n) is 4.29. The Kier molecular flexibility index (Phi) is 5.83. The van der Waals surface area contributed by atoms with Crippen LogP contribution in [0.1, 0.15) is 6.92 Å². The van der Waals surface area contributed by atoms with Gasteiger partial charge in [-0.15, -0.1) is 10.2 Å². The van der Waals surface area contributed by atoms with Gasteiger partial charge in [-0.1, -0.05) is 64.8 Å². The van der Waals surface area contributed by atoms with E-state index in [4.69, 9.17) is 34.8 Å². The number of aromatic nitrogens is 4. The molecule has 0 saturated heterocycles. The van der Waals surface area contributed by atoms with E-state index in [2.05, 4.69) is 32.0 Å². The maximum absolute atomic E-state index is 12.3. The van der Waals surface area contributed by atoms with Crippen molar-refractivity contribution in [2.24, 2.45) is 0 Å². The number of carbonyl (C=O) groups excluding carboxylic acids is 1. The van der Waals surface area contributed by atoms with Crippen LogP contribution in [0.5, 0.6) is 0 Å². The summed E-state index contributed by atoms with van der Waals surface area (Å²) in [5, 5.41) is 13.6. The van der Waals surface area contributed by atoms with E-state index in [-0.39, 0.29) is 11.7 Å². The predicted octanol–water partition coefficient (Wildman–Crippen LogP) is 5.69. The lowest BCUT2D eigenvalue weighted by Crippen LogP contribution is -2.14. The number of nitrogens with zero attached hydrogens (tertiary/aromatic N) is 4. The smallest absolute Gasteiger partial charge is 0.234 e. The topological polar surface area (TPSA) is 72.7 Å². The number of carbonyl (C=O) groups is 1. The zero-order chi connectivity index (χ0) is 20.5. The molecule has 1 amide bonds. The highest BCUT2D eigenvalue weighted by molar-refractivity contribution is 7.99. The summed E-state index contributed by atoms with van der Waals surface area (Å²) in [5.74, 6) is -0.175. The number of aryl methyl sites for hydroxylation is 1. The van der Waals surface area contributed by atoms with Gasteiger partial charge < -0.3 is 9.88 Å². The Hall–Kier alpha value is -2.06. The van der Waals surface area contributed by atoms with E-state index in [1.807, 2.05) is 24.3 Å². The van der Waals surface area contributed by atoms with E-state index in [0.717, 1.165) is 28.6 Å². The zero-order valence-corrected chi connectivity index (χ0v) is 18.2. The molecule has 0 radical (unpaired) electrons. The molecule has 2 aromatic carbocycles. The Morgan fingerprint density at radius 2 is 1.86 bits per heavy atom. The summed E-state index contributed by atoms with van der Waals surface area (Å²) < 4.78 is 2.08. The summed E-state index contributed by atoms with van der Waals surface area (Å²) in [4.78, 5) is 16.9. The number of nitrogens with one attached hydrogen (secondary N) is 1. The third kappa shape index (κ3) is 4.00. The SMILES string of the molecule is CCn1c2ccccc2c2nnc(SCC(=O)Nc3cc(Cl)c(Cl)cc3Cl)nc21. The predicted molar refractivity (Wildman–Crippen MR) is 119 cm³/mol. The van der Waals surface area contributed by atoms with Gasteiger partial charge in [-0.05, 0) is 25.1 Å². The van der Waals surface area contributed by atoms with Gasteiger partial charge in [-0.2, -0.15) is 0 Å². The van der Waals surface area contributed by atoms with E-state index in [0.29, 0.717) is 25.9 Å². The monoisotopic (exact) mass is 465 g/mol. The van der Waals surface area contributed by atoms with Crippen molar-refractivity contribution in [1.82, 2.24) is 19.7 Å². The van der Waals surface area contributed by atoms with E-state index in [9.17, 15) is 4.79 Å². The minimum Gasteiger partial charge on any atom is -0.324 e. The molecule has 0 aliphatic carbocycles. The van der Waals surface area contributed by atoms with Crippen LogP contribution < -0.4 is 5.32 Å². The van der Waals surface area contributed by atoms with Crippen LogP contribution in [0.3, 0.4) is 0 Å². The first-order valence-electron chi connectivity index (χ1n) is 8.66. The summed E-state index contributed by atoms with van der Waals surface area (Å²) in [6.45, 7) is 2.80. The molecule has 0 aliphatic heterocycles. The van der Waals surface area contributed by atoms with Crippen LogP contribution in [0, 0.1) is 0 Å². The van der Waals surface area contributed by atoms with Crippen molar-refractivity contribution in [2.45, 2.75) is 18.6 Å². The van der Waals surface area contributed by atoms with Crippen LogP contribution in [-0.2, 0) is 11.3 Å². The normalized spacial score (nSPS) is 11.3. The number of rotatable bonds is 5. The molecule has 0 aliphatic rings. The Labute approximate surface area is 185 Å². The molecular weight excluding hydrogens is 453 g/mol. The molecule has 10 heteroatoms. The molecule has 0 spiro atoms. The number of fused-ring (bicyclic) bond motifs is 3. The maximum Gasteiger partial charge on any atom is 0.234 e. The lowest BCUT2D eigenvalue weighted by molar-refractivity contribution is -0.113. The number of halogens is 3. The highest BCUT2D eigenvalue weighted by atomic mass is 35.5. The number of hydrogen-bond donors (Lipinski definition) is 1. The molecule has 4 aromatic rings. The highest BCUT2D eigenvalue weighted by Crippen LogP contribution is 2.32. The number of thioether (sulfide) groups is 1. The van der Waals surface area contributed by atoms with Gasteiger partial charge >= 0.3 is 0 Å². The minimum absolute atomic E-state index is 0.0934. The average molecular weight is 467 g/mol. The van der Waals surface area contributed by atoms with Crippen molar-refractivity contribution in [2.75, 3.05) is 11.1 Å². The Morgan fingerprint density at radius 3 is 2.66 bits per heavy atom. The molecule has 0 unspecified atom stereocenters. The van der Waals surface area contributed by atoms with E-state index < -0.39 is 0 Å². The number of para-hydroxylation sites is 1. The van der Waals surface area contributed by atoms with E-state index in [1.54, 1.807) is 0 Å². The quantitative estimate of drug-likeness (QED) is 0.302. The molecule has 0 saturated carbocycles. The molecule has 148 valence electrons. The number of amides is 1. The molecule has 29 heavy (non-hydrogen) atoms. The number of anilines is 1. The van der Waals surface area contributed by atoms with E-state index in [1.165, 1.54) is 23.9 Å². The first-order chi connectivity index (χ1) is 14.0. The highest BCUT2D eigenvalue weighted by Gasteiger charge is 2.15. The van der Waals surface area contributed by atoms with Crippen molar-refractivity contribution < 1.29 is 4.79 Å². The molecule has 6 nitrogen and oxygen atoms in total. The van der Waals surface area contributed by atoms with Crippen molar-refractivity contribution in [3.05, 3.63) is 51.5 Å². The number of benzene rings is 2. The first kappa shape index (κ1) is 20.2. The van der Waals surface area contributed by atoms with Gasteiger partial charge in [-0.25, -0.2) is 4.98 Å². The Balaban J connectivity index is 1.53. The zero-order valence-electron chi connectivity index (χ0n) is 15.1. The third-order valence-corrected chi connectivity index (χ3v) is 6.16. The van der Waals surface area contributed by atoms with Gasteiger partial charge in [0.05, 0.1) is 32.0 Å². The van der Waals surface area contributed by atoms with Crippen molar-refractivity contribution in [3.63, 3.8) is 0 Å². The van der Waals surface area contributed by atoms with Crippen molar-refractivity contribution in [1.29, 1.82) is 0 Å². The minimum atomic E-state index is -0.268. The fraction of sp³-hybridized carbons (Fsp3) is 0.158. The average Bonchev–Trinajstić information content (AvgIpc) is 3.03. The summed E-state index contributed by atoms with van der Waals surface area (Å²) >= 11 is 19.2. The largest absolute Gasteiger partial charge is 0.324 e. The first-order valence-corrected chi connectivity index (χ1v) is 10.8. The molecule has 0 fully saturated rings. The van der Waals surface area contributed by atoms with Gasteiger partial charge in [0.15, 0.2) is 5.65 Å². The van der Waals surface area contributed by atoms with Gasteiger partial charge in [-0.3, -0.25) is 4.79 Å². The lowest BCUT2D eigenvalue weighted by Gasteiger charge is -2.08. The Bertz CT molecular complexity index is 1240. The molecule has 4 rings (SSSR count). The van der Waals surface area contributed by atoms with Gasteiger partial charge in [0, 0.05) is 11.9 Å². The summed E-state index contributed by atoms with van der Waals surface area (Å²) in [6, 6.07) is 11.0. The fourth-order valence-corrected chi connectivity index (χ4v) is 4.18. The lowest BCUT2D eigenvalue weighted by atomic mass is 10.2. The molecule has 2 heterocycles. The van der Waals surface area contributed by atoms with Crippen LogP contribution in [0.2, 0.25) is 15.1 Å². The van der Waals surface area contributed by atoms with Crippen LogP contribution in [0.25, 0.3) is 22.1 Å². The standard InChI is InChI=1S/C19H14Cl3N5OS/c1-2-27-15-6-4-3-5-10(15)17-18(27)24-19(26-25-17)29-9-16(28)23-14-8-12(21)11(20)7-13(14)22/h3-8H,2,9H2,1H3,(H,23,28). The van der Waals surface area contributed by atoms with Gasteiger partial charge in [0.2, 0.25) is 11.1 Å². The number of hydrogen-bond acceptors (Lipinski definition) is 5. The second kappa shape index (κ2) is 8.36. The fourth-order valence-electron chi connectivity index (χ4n) is 3.01. The molecule has 1 N–H and O–H groups in total. The molecule has 0 atom stereocenters. The van der Waals surface area contributed by atoms with Gasteiger partial charge in [0.25, 0.3) is 0 Å². The van der Waals surface area contributed by atoms with Gasteiger partial charge in [0.1, 0.15) is 5.52 Å². The Morgan fingerprint density at radius 1 is 1.10 bits per heavy atom. The summed E-state index contributed by atoms with van der Waals surface area (Å²) in [5.41, 5.74) is 2.95.